The van der Waals surface area contributed by atoms with Gasteiger partial charge in [0.15, 0.2) is 0 Å². The van der Waals surface area contributed by atoms with E-state index in [2.05, 4.69) is 6.08 Å². The van der Waals surface area contributed by atoms with Crippen LogP contribution >= 0.6 is 0 Å². The van der Waals surface area contributed by atoms with Crippen LogP contribution in [0.3, 0.4) is 0 Å². The fourth-order valence-corrected chi connectivity index (χ4v) is 1.56. The van der Waals surface area contributed by atoms with Crippen LogP contribution in [0, 0.1) is 0 Å². The van der Waals surface area contributed by atoms with E-state index in [4.69, 9.17) is 0 Å². The predicted molar refractivity (Wildman–Crippen MR) is 62.0 cm³/mol. The first kappa shape index (κ1) is 9.91. The maximum Gasteiger partial charge on any atom is 0.101 e. The van der Waals surface area contributed by atoms with Gasteiger partial charge in [-0.1, -0.05) is 48.6 Å². The topological polar surface area (TPSA) is 0 Å². The van der Waals surface area contributed by atoms with Crippen molar-refractivity contribution in [2.75, 3.05) is 0 Å². The molecule has 0 amide bonds. The second-order valence-electron chi connectivity index (χ2n) is 3.58. The first-order chi connectivity index (χ1) is 7.34. The summed E-state index contributed by atoms with van der Waals surface area (Å²) in [7, 11) is 0. The average Bonchev–Trinajstić information content (AvgIpc) is 2.28. The largest absolute Gasteiger partial charge is 0.212 e. The van der Waals surface area contributed by atoms with Gasteiger partial charge >= 0.3 is 0 Å². The van der Waals surface area contributed by atoms with Gasteiger partial charge in [0, 0.05) is 6.42 Å². The summed E-state index contributed by atoms with van der Waals surface area (Å²) in [5.41, 5.74) is 2.10. The summed E-state index contributed by atoms with van der Waals surface area (Å²) in [6.07, 6.45) is 8.96. The van der Waals surface area contributed by atoms with E-state index >= 15 is 0 Å². The Bertz CT molecular complexity index is 410. The molecular weight excluding hydrogens is 187 g/mol. The van der Waals surface area contributed by atoms with Crippen LogP contribution in [0.1, 0.15) is 18.4 Å². The Balaban J connectivity index is 2.10. The third-order valence-corrected chi connectivity index (χ3v) is 2.35. The molecule has 0 atom stereocenters. The number of benzene rings is 1. The summed E-state index contributed by atoms with van der Waals surface area (Å²) in [4.78, 5) is 0. The van der Waals surface area contributed by atoms with E-state index in [1.54, 1.807) is 6.08 Å². The molecule has 1 aliphatic rings. The minimum Gasteiger partial charge on any atom is -0.212 e. The molecule has 0 heterocycles. The van der Waals surface area contributed by atoms with Crippen LogP contribution in [0.25, 0.3) is 6.08 Å². The lowest BCUT2D eigenvalue weighted by atomic mass is 10.0. The molecule has 1 heteroatoms. The lowest BCUT2D eigenvalue weighted by Crippen LogP contribution is -1.85. The number of allylic oxidation sites excluding steroid dienone is 5. The van der Waals surface area contributed by atoms with Crippen LogP contribution < -0.4 is 0 Å². The van der Waals surface area contributed by atoms with Crippen LogP contribution in [0.15, 0.2) is 60.0 Å². The maximum atomic E-state index is 12.9. The van der Waals surface area contributed by atoms with Crippen LogP contribution in [0.2, 0.25) is 0 Å². The Morgan fingerprint density at radius 1 is 1.07 bits per heavy atom. The summed E-state index contributed by atoms with van der Waals surface area (Å²) in [6, 6.07) is 10.0. The molecule has 0 fully saturated rings. The van der Waals surface area contributed by atoms with Crippen molar-refractivity contribution in [2.45, 2.75) is 12.8 Å². The van der Waals surface area contributed by atoms with Gasteiger partial charge in [-0.2, -0.15) is 0 Å². The number of hydrogen-bond donors (Lipinski definition) is 0. The summed E-state index contributed by atoms with van der Waals surface area (Å²) >= 11 is 0. The van der Waals surface area contributed by atoms with Crippen molar-refractivity contribution in [3.63, 3.8) is 0 Å². The van der Waals surface area contributed by atoms with Crippen molar-refractivity contribution >= 4 is 6.08 Å². The summed E-state index contributed by atoms with van der Waals surface area (Å²) in [6.45, 7) is 0. The minimum absolute atomic E-state index is 0.0230. The number of hydrogen-bond acceptors (Lipinski definition) is 0. The standard InChI is InChI=1S/C14H13F/c15-14-8-4-7-13(11-14)10-9-12-5-2-1-3-6-12/h1-3,5-7,9-11H,4,8H2/b10-9+. The number of rotatable bonds is 2. The van der Waals surface area contributed by atoms with Gasteiger partial charge in [-0.3, -0.25) is 0 Å². The molecule has 2 rings (SSSR count). The smallest absolute Gasteiger partial charge is 0.101 e. The molecule has 0 nitrogen and oxygen atoms in total. The molecule has 1 aromatic rings. The molecule has 0 spiro atoms. The highest BCUT2D eigenvalue weighted by Crippen LogP contribution is 2.19. The van der Waals surface area contributed by atoms with Gasteiger partial charge in [0.25, 0.3) is 0 Å². The summed E-state index contributed by atoms with van der Waals surface area (Å²) in [5.74, 6) is -0.0230. The van der Waals surface area contributed by atoms with E-state index in [0.717, 1.165) is 17.6 Å². The van der Waals surface area contributed by atoms with Gasteiger partial charge in [0.2, 0.25) is 0 Å². The second kappa shape index (κ2) is 4.74. The van der Waals surface area contributed by atoms with Crippen LogP contribution in [0.4, 0.5) is 4.39 Å². The van der Waals surface area contributed by atoms with Crippen molar-refractivity contribution in [2.24, 2.45) is 0 Å². The van der Waals surface area contributed by atoms with E-state index in [-0.39, 0.29) is 5.83 Å². The normalized spacial score (nSPS) is 16.3. The molecular formula is C14H13F. The molecule has 1 aromatic carbocycles. The zero-order chi connectivity index (χ0) is 10.5. The molecule has 0 unspecified atom stereocenters. The monoisotopic (exact) mass is 200 g/mol. The van der Waals surface area contributed by atoms with Crippen molar-refractivity contribution in [3.8, 4) is 0 Å². The minimum atomic E-state index is -0.0230. The first-order valence-corrected chi connectivity index (χ1v) is 5.14. The molecule has 15 heavy (non-hydrogen) atoms. The molecule has 0 bridgehead atoms. The highest BCUT2D eigenvalue weighted by molar-refractivity contribution is 5.55. The highest BCUT2D eigenvalue weighted by Gasteiger charge is 2.01. The molecule has 76 valence electrons. The number of halogens is 1. The van der Waals surface area contributed by atoms with Crippen molar-refractivity contribution in [3.05, 3.63) is 65.5 Å². The zero-order valence-corrected chi connectivity index (χ0v) is 8.49. The molecule has 0 radical (unpaired) electrons. The molecule has 1 aliphatic carbocycles. The van der Waals surface area contributed by atoms with Crippen molar-refractivity contribution in [1.29, 1.82) is 0 Å². The Morgan fingerprint density at radius 3 is 2.60 bits per heavy atom. The average molecular weight is 200 g/mol. The van der Waals surface area contributed by atoms with Gasteiger partial charge in [-0.25, -0.2) is 4.39 Å². The highest BCUT2D eigenvalue weighted by atomic mass is 19.1. The third-order valence-electron chi connectivity index (χ3n) is 2.35. The predicted octanol–water partition coefficient (Wildman–Crippen LogP) is 4.27. The first-order valence-electron chi connectivity index (χ1n) is 5.14. The quantitative estimate of drug-likeness (QED) is 0.668. The lowest BCUT2D eigenvalue weighted by Gasteiger charge is -2.03. The van der Waals surface area contributed by atoms with E-state index in [9.17, 15) is 4.39 Å². The van der Waals surface area contributed by atoms with Crippen molar-refractivity contribution in [1.82, 2.24) is 0 Å². The van der Waals surface area contributed by atoms with Gasteiger partial charge in [0.1, 0.15) is 5.83 Å². The second-order valence-corrected chi connectivity index (χ2v) is 3.58. The van der Waals surface area contributed by atoms with E-state index in [1.807, 2.05) is 42.5 Å². The Labute approximate surface area is 89.4 Å². The maximum absolute atomic E-state index is 12.9. The Morgan fingerprint density at radius 2 is 1.87 bits per heavy atom. The van der Waals surface area contributed by atoms with Gasteiger partial charge < -0.3 is 0 Å². The van der Waals surface area contributed by atoms with Crippen molar-refractivity contribution < 1.29 is 4.39 Å². The van der Waals surface area contributed by atoms with Gasteiger partial charge in [-0.15, -0.1) is 0 Å². The van der Waals surface area contributed by atoms with Crippen LogP contribution in [-0.4, -0.2) is 0 Å². The van der Waals surface area contributed by atoms with Crippen LogP contribution in [0.5, 0.6) is 0 Å². The van der Waals surface area contributed by atoms with E-state index in [0.29, 0.717) is 6.42 Å². The fourth-order valence-electron chi connectivity index (χ4n) is 1.56. The van der Waals surface area contributed by atoms with Gasteiger partial charge in [-0.05, 0) is 23.6 Å². The van der Waals surface area contributed by atoms with Gasteiger partial charge in [0.05, 0.1) is 0 Å². The molecule has 0 saturated heterocycles. The zero-order valence-electron chi connectivity index (χ0n) is 8.49. The van der Waals surface area contributed by atoms with E-state index in [1.165, 1.54) is 0 Å². The lowest BCUT2D eigenvalue weighted by molar-refractivity contribution is 0.586. The molecule has 0 aliphatic heterocycles. The molecule has 0 N–H and O–H groups in total. The summed E-state index contributed by atoms with van der Waals surface area (Å²) < 4.78 is 12.9. The van der Waals surface area contributed by atoms with Crippen LogP contribution in [-0.2, 0) is 0 Å². The van der Waals surface area contributed by atoms with E-state index < -0.39 is 0 Å². The molecule has 0 aromatic heterocycles. The summed E-state index contributed by atoms with van der Waals surface area (Å²) in [5, 5.41) is 0. The Kier molecular flexibility index (Phi) is 3.13. The SMILES string of the molecule is FC1=CC(/C=C/c2ccccc2)=CCC1. The third kappa shape index (κ3) is 2.91. The fraction of sp³-hybridized carbons (Fsp3) is 0.143. The molecule has 0 saturated carbocycles. The Hall–Kier alpha value is -1.63.